The SMILES string of the molecule is CC1CCC(C(C)C)C(O)C1.CCCCOP(=O)(OCCCC)OCCCC. The van der Waals surface area contributed by atoms with Crippen molar-refractivity contribution in [2.45, 2.75) is 105 Å². The van der Waals surface area contributed by atoms with Crippen LogP contribution >= 0.6 is 7.82 Å². The summed E-state index contributed by atoms with van der Waals surface area (Å²) in [6, 6.07) is 0. The predicted molar refractivity (Wildman–Crippen MR) is 118 cm³/mol. The van der Waals surface area contributed by atoms with E-state index in [2.05, 4.69) is 41.5 Å². The quantitative estimate of drug-likeness (QED) is 0.256. The Labute approximate surface area is 174 Å². The van der Waals surface area contributed by atoms with Gasteiger partial charge in [0.1, 0.15) is 0 Å². The molecular formula is C22H47O5P. The minimum atomic E-state index is -3.31. The molecule has 3 unspecified atom stereocenters. The monoisotopic (exact) mass is 422 g/mol. The second-order valence-electron chi connectivity index (χ2n) is 8.40. The molecule has 170 valence electrons. The maximum atomic E-state index is 12.2. The molecule has 0 aliphatic heterocycles. The van der Waals surface area contributed by atoms with Crippen molar-refractivity contribution >= 4 is 7.82 Å². The van der Waals surface area contributed by atoms with Crippen LogP contribution < -0.4 is 0 Å². The zero-order valence-electron chi connectivity index (χ0n) is 19.3. The first-order valence-electron chi connectivity index (χ1n) is 11.5. The van der Waals surface area contributed by atoms with Gasteiger partial charge >= 0.3 is 7.82 Å². The number of unbranched alkanes of at least 4 members (excludes halogenated alkanes) is 3. The van der Waals surface area contributed by atoms with E-state index in [1.807, 2.05) is 0 Å². The van der Waals surface area contributed by atoms with Gasteiger partial charge in [-0.25, -0.2) is 4.57 Å². The highest BCUT2D eigenvalue weighted by Gasteiger charge is 2.28. The summed E-state index contributed by atoms with van der Waals surface area (Å²) in [4.78, 5) is 0. The molecule has 0 aromatic carbocycles. The van der Waals surface area contributed by atoms with Crippen molar-refractivity contribution < 1.29 is 23.2 Å². The van der Waals surface area contributed by atoms with Gasteiger partial charge in [-0.05, 0) is 49.9 Å². The van der Waals surface area contributed by atoms with Gasteiger partial charge in [0.25, 0.3) is 0 Å². The van der Waals surface area contributed by atoms with Gasteiger partial charge in [0.15, 0.2) is 0 Å². The summed E-state index contributed by atoms with van der Waals surface area (Å²) in [5.41, 5.74) is 0. The minimum absolute atomic E-state index is 0.0289. The Morgan fingerprint density at radius 3 is 1.64 bits per heavy atom. The second kappa shape index (κ2) is 16.8. The Kier molecular flexibility index (Phi) is 16.9. The Balaban J connectivity index is 0.000000567. The van der Waals surface area contributed by atoms with Gasteiger partial charge in [-0.2, -0.15) is 0 Å². The number of phosphoric acid groups is 1. The summed E-state index contributed by atoms with van der Waals surface area (Å²) in [7, 11) is -3.31. The van der Waals surface area contributed by atoms with Crippen LogP contribution in [0.5, 0.6) is 0 Å². The van der Waals surface area contributed by atoms with Crippen LogP contribution in [-0.2, 0) is 18.1 Å². The third-order valence-electron chi connectivity index (χ3n) is 5.23. The molecule has 1 rings (SSSR count). The molecule has 0 saturated heterocycles. The molecule has 0 aromatic rings. The van der Waals surface area contributed by atoms with Crippen molar-refractivity contribution in [2.24, 2.45) is 17.8 Å². The van der Waals surface area contributed by atoms with E-state index in [4.69, 9.17) is 13.6 Å². The lowest BCUT2D eigenvalue weighted by molar-refractivity contribution is 0.0266. The van der Waals surface area contributed by atoms with Crippen molar-refractivity contribution in [3.63, 3.8) is 0 Å². The normalized spacial score (nSPS) is 22.8. The zero-order valence-corrected chi connectivity index (χ0v) is 20.2. The lowest BCUT2D eigenvalue weighted by atomic mass is 9.75. The summed E-state index contributed by atoms with van der Waals surface area (Å²) < 4.78 is 28.0. The molecule has 5 nitrogen and oxygen atoms in total. The molecule has 0 radical (unpaired) electrons. The van der Waals surface area contributed by atoms with E-state index in [0.29, 0.717) is 31.7 Å². The fourth-order valence-electron chi connectivity index (χ4n) is 3.23. The lowest BCUT2D eigenvalue weighted by Gasteiger charge is -2.33. The molecule has 0 spiro atoms. The first kappa shape index (κ1) is 28.1. The molecule has 6 heteroatoms. The van der Waals surface area contributed by atoms with Gasteiger partial charge in [0, 0.05) is 0 Å². The Bertz CT molecular complexity index is 369. The standard InChI is InChI=1S/C12H27O4P.C10H20O/c1-4-7-10-14-17(13,15-11-8-5-2)16-12-9-6-3;1-7(2)9-5-4-8(3)6-10(9)11/h4-12H2,1-3H3;7-11H,4-6H2,1-3H3. The molecule has 0 amide bonds. The predicted octanol–water partition coefficient (Wildman–Crippen LogP) is 6.98. The molecule has 0 heterocycles. The molecule has 28 heavy (non-hydrogen) atoms. The second-order valence-corrected chi connectivity index (χ2v) is 10.1. The highest BCUT2D eigenvalue weighted by Crippen LogP contribution is 2.49. The van der Waals surface area contributed by atoms with Crippen LogP contribution in [0, 0.1) is 17.8 Å². The molecule has 1 aliphatic rings. The average Bonchev–Trinajstić information content (AvgIpc) is 2.63. The minimum Gasteiger partial charge on any atom is -0.393 e. The number of hydrogen-bond donors (Lipinski definition) is 1. The number of rotatable bonds is 13. The Morgan fingerprint density at radius 2 is 1.32 bits per heavy atom. The van der Waals surface area contributed by atoms with Gasteiger partial charge in [-0.3, -0.25) is 13.6 Å². The van der Waals surface area contributed by atoms with Crippen LogP contribution in [0.25, 0.3) is 0 Å². The summed E-state index contributed by atoms with van der Waals surface area (Å²) in [6.45, 7) is 14.1. The van der Waals surface area contributed by atoms with Crippen molar-refractivity contribution in [3.05, 3.63) is 0 Å². The molecule has 1 N–H and O–H groups in total. The molecule has 1 aliphatic carbocycles. The topological polar surface area (TPSA) is 65.0 Å². The highest BCUT2D eigenvalue weighted by atomic mass is 31.2. The molecule has 3 atom stereocenters. The molecule has 0 aromatic heterocycles. The van der Waals surface area contributed by atoms with E-state index < -0.39 is 7.82 Å². The van der Waals surface area contributed by atoms with Crippen LogP contribution in [0.4, 0.5) is 0 Å². The van der Waals surface area contributed by atoms with Gasteiger partial charge in [0.05, 0.1) is 25.9 Å². The van der Waals surface area contributed by atoms with Crippen molar-refractivity contribution in [2.75, 3.05) is 19.8 Å². The van der Waals surface area contributed by atoms with E-state index in [1.54, 1.807) is 0 Å². The largest absolute Gasteiger partial charge is 0.474 e. The van der Waals surface area contributed by atoms with Gasteiger partial charge in [-0.15, -0.1) is 0 Å². The summed E-state index contributed by atoms with van der Waals surface area (Å²) in [5, 5.41) is 9.71. The van der Waals surface area contributed by atoms with Crippen molar-refractivity contribution in [1.29, 1.82) is 0 Å². The zero-order chi connectivity index (χ0) is 21.4. The van der Waals surface area contributed by atoms with Crippen molar-refractivity contribution in [3.8, 4) is 0 Å². The van der Waals surface area contributed by atoms with E-state index >= 15 is 0 Å². The molecule has 1 fully saturated rings. The Hall–Kier alpha value is 0.0700. The number of phosphoric ester groups is 1. The fourth-order valence-corrected chi connectivity index (χ4v) is 4.51. The van der Waals surface area contributed by atoms with Crippen LogP contribution in [0.15, 0.2) is 0 Å². The number of aliphatic hydroxyl groups is 1. The van der Waals surface area contributed by atoms with Gasteiger partial charge in [0.2, 0.25) is 0 Å². The highest BCUT2D eigenvalue weighted by molar-refractivity contribution is 7.48. The summed E-state index contributed by atoms with van der Waals surface area (Å²) >= 11 is 0. The molecule has 1 saturated carbocycles. The smallest absolute Gasteiger partial charge is 0.393 e. The van der Waals surface area contributed by atoms with Crippen LogP contribution in [0.2, 0.25) is 0 Å². The van der Waals surface area contributed by atoms with E-state index in [-0.39, 0.29) is 6.10 Å². The van der Waals surface area contributed by atoms with E-state index in [9.17, 15) is 9.67 Å². The molecule has 0 bridgehead atoms. The lowest BCUT2D eigenvalue weighted by Crippen LogP contribution is -2.31. The van der Waals surface area contributed by atoms with Gasteiger partial charge in [-0.1, -0.05) is 67.2 Å². The number of hydrogen-bond acceptors (Lipinski definition) is 5. The van der Waals surface area contributed by atoms with Crippen LogP contribution in [0.1, 0.15) is 99.3 Å². The fraction of sp³-hybridized carbons (Fsp3) is 1.00. The van der Waals surface area contributed by atoms with Crippen molar-refractivity contribution in [1.82, 2.24) is 0 Å². The summed E-state index contributed by atoms with van der Waals surface area (Å²) in [6.07, 6.45) is 9.15. The summed E-state index contributed by atoms with van der Waals surface area (Å²) in [5.74, 6) is 1.95. The first-order chi connectivity index (χ1) is 13.3. The van der Waals surface area contributed by atoms with E-state index in [0.717, 1.165) is 50.9 Å². The van der Waals surface area contributed by atoms with Crippen LogP contribution in [-0.4, -0.2) is 31.0 Å². The first-order valence-corrected chi connectivity index (χ1v) is 13.0. The maximum absolute atomic E-state index is 12.2. The molecular weight excluding hydrogens is 375 g/mol. The average molecular weight is 423 g/mol. The maximum Gasteiger partial charge on any atom is 0.474 e. The third-order valence-corrected chi connectivity index (χ3v) is 6.73. The Morgan fingerprint density at radius 1 is 0.893 bits per heavy atom. The van der Waals surface area contributed by atoms with Crippen LogP contribution in [0.3, 0.4) is 0 Å². The third kappa shape index (κ3) is 13.3. The van der Waals surface area contributed by atoms with Gasteiger partial charge < -0.3 is 5.11 Å². The number of aliphatic hydroxyl groups excluding tert-OH is 1. The van der Waals surface area contributed by atoms with E-state index in [1.165, 1.54) is 12.8 Å².